The molecule has 0 radical (unpaired) electrons. The van der Waals surface area contributed by atoms with E-state index in [0.29, 0.717) is 18.1 Å². The first kappa shape index (κ1) is 34.2. The minimum absolute atomic E-state index is 0.0288. The predicted molar refractivity (Wildman–Crippen MR) is 151 cm³/mol. The van der Waals surface area contributed by atoms with Crippen molar-refractivity contribution in [1.82, 2.24) is 10.2 Å². The number of aryl methyl sites for hydroxylation is 1. The van der Waals surface area contributed by atoms with E-state index >= 15 is 0 Å². The van der Waals surface area contributed by atoms with E-state index in [0.717, 1.165) is 12.5 Å². The standard InChI is InChI=1S/C31H35F3N2O8/c1-17-12-20(32)27(34)28(26(17)33)44-16-23(38)21(14-25(39)40)35-29(41)24-15-36(10-7-11-43-24)30(42)22(37)13-18-8-5-6-9-19(18)31(2,3)4/h5-6,8-9,12,21,24H,7,10-11,13-16H2,1-4H3,(H,35,41)(H,39,40)/t21-,24+/m0/s1. The topological polar surface area (TPSA) is 139 Å². The number of nitrogens with one attached hydrogen (secondary N) is 1. The molecule has 2 aromatic rings. The van der Waals surface area contributed by atoms with Crippen LogP contribution in [-0.4, -0.2) is 77.8 Å². The summed E-state index contributed by atoms with van der Waals surface area (Å²) in [4.78, 5) is 64.6. The van der Waals surface area contributed by atoms with Crippen molar-refractivity contribution in [2.45, 2.75) is 64.5 Å². The molecule has 2 atom stereocenters. The van der Waals surface area contributed by atoms with Crippen molar-refractivity contribution in [2.24, 2.45) is 0 Å². The van der Waals surface area contributed by atoms with Gasteiger partial charge in [-0.1, -0.05) is 45.0 Å². The number of hydrogen-bond acceptors (Lipinski definition) is 7. The van der Waals surface area contributed by atoms with Crippen LogP contribution < -0.4 is 10.1 Å². The van der Waals surface area contributed by atoms with E-state index in [1.807, 2.05) is 32.9 Å². The molecule has 0 aliphatic carbocycles. The Kier molecular flexibility index (Phi) is 11.3. The molecule has 13 heteroatoms. The van der Waals surface area contributed by atoms with Gasteiger partial charge in [0.15, 0.2) is 29.3 Å². The Morgan fingerprint density at radius 2 is 1.80 bits per heavy atom. The SMILES string of the molecule is Cc1cc(F)c(F)c(OCC(=O)[C@H](CC(=O)O)NC(=O)[C@H]2CN(C(=O)C(=O)Cc3ccccc3C(C)(C)C)CCCO2)c1F. The lowest BCUT2D eigenvalue weighted by Crippen LogP contribution is -2.52. The number of ketones is 2. The lowest BCUT2D eigenvalue weighted by atomic mass is 9.82. The van der Waals surface area contributed by atoms with E-state index in [-0.39, 0.29) is 37.1 Å². The summed E-state index contributed by atoms with van der Waals surface area (Å²) in [6.07, 6.45) is -2.12. The number of carbonyl (C=O) groups excluding carboxylic acids is 4. The van der Waals surface area contributed by atoms with Gasteiger partial charge in [-0.15, -0.1) is 0 Å². The molecule has 0 saturated carbocycles. The fourth-order valence-corrected chi connectivity index (χ4v) is 4.76. The van der Waals surface area contributed by atoms with Crippen LogP contribution in [0.4, 0.5) is 13.2 Å². The maximum atomic E-state index is 14.3. The third-order valence-corrected chi connectivity index (χ3v) is 7.01. The molecule has 0 aromatic heterocycles. The minimum Gasteiger partial charge on any atom is -0.481 e. The fraction of sp³-hybridized carbons (Fsp3) is 0.452. The Hall–Kier alpha value is -4.26. The van der Waals surface area contributed by atoms with Gasteiger partial charge in [0.05, 0.1) is 13.0 Å². The van der Waals surface area contributed by atoms with Crippen molar-refractivity contribution in [3.63, 3.8) is 0 Å². The lowest BCUT2D eigenvalue weighted by Gasteiger charge is -2.25. The highest BCUT2D eigenvalue weighted by Gasteiger charge is 2.34. The van der Waals surface area contributed by atoms with Gasteiger partial charge >= 0.3 is 5.97 Å². The smallest absolute Gasteiger partial charge is 0.305 e. The maximum Gasteiger partial charge on any atom is 0.305 e. The van der Waals surface area contributed by atoms with E-state index < -0.39 is 77.7 Å². The van der Waals surface area contributed by atoms with Gasteiger partial charge < -0.3 is 24.8 Å². The van der Waals surface area contributed by atoms with Crippen LogP contribution >= 0.6 is 0 Å². The summed E-state index contributed by atoms with van der Waals surface area (Å²) >= 11 is 0. The number of amides is 2. The van der Waals surface area contributed by atoms with E-state index in [9.17, 15) is 42.3 Å². The zero-order valence-electron chi connectivity index (χ0n) is 24.9. The first-order valence-corrected chi connectivity index (χ1v) is 13.9. The van der Waals surface area contributed by atoms with Crippen LogP contribution in [0.5, 0.6) is 5.75 Å². The number of carboxylic acids is 1. The molecule has 0 unspecified atom stereocenters. The molecule has 1 fully saturated rings. The number of ether oxygens (including phenoxy) is 2. The Labute approximate surface area is 252 Å². The van der Waals surface area contributed by atoms with Crippen LogP contribution in [0.15, 0.2) is 30.3 Å². The molecule has 3 rings (SSSR count). The van der Waals surface area contributed by atoms with Crippen LogP contribution in [0, 0.1) is 24.4 Å². The Balaban J connectivity index is 1.69. The largest absolute Gasteiger partial charge is 0.481 e. The number of Topliss-reactive ketones (excluding diaryl/α,β-unsaturated/α-hetero) is 2. The molecule has 238 valence electrons. The second-order valence-corrected chi connectivity index (χ2v) is 11.5. The zero-order valence-corrected chi connectivity index (χ0v) is 24.9. The Bertz CT molecular complexity index is 1410. The lowest BCUT2D eigenvalue weighted by molar-refractivity contribution is -0.146. The van der Waals surface area contributed by atoms with Gasteiger partial charge in [-0.05, 0) is 41.5 Å². The van der Waals surface area contributed by atoms with E-state index in [2.05, 4.69) is 5.32 Å². The quantitative estimate of drug-likeness (QED) is 0.289. The Morgan fingerprint density at radius 1 is 1.11 bits per heavy atom. The molecule has 1 heterocycles. The van der Waals surface area contributed by atoms with Crippen molar-refractivity contribution < 1.29 is 51.7 Å². The highest BCUT2D eigenvalue weighted by Crippen LogP contribution is 2.28. The number of halogens is 3. The summed E-state index contributed by atoms with van der Waals surface area (Å²) in [5, 5.41) is 11.5. The van der Waals surface area contributed by atoms with Crippen LogP contribution in [-0.2, 0) is 40.5 Å². The molecule has 1 aliphatic heterocycles. The molecule has 1 aliphatic rings. The summed E-state index contributed by atoms with van der Waals surface area (Å²) in [6, 6.07) is 6.17. The molecule has 44 heavy (non-hydrogen) atoms. The molecular formula is C31H35F3N2O8. The second kappa shape index (κ2) is 14.5. The monoisotopic (exact) mass is 620 g/mol. The number of carbonyl (C=O) groups is 5. The normalized spacial score (nSPS) is 16.1. The van der Waals surface area contributed by atoms with Gasteiger partial charge in [0.2, 0.25) is 11.6 Å². The first-order valence-electron chi connectivity index (χ1n) is 13.9. The molecule has 2 N–H and O–H groups in total. The highest BCUT2D eigenvalue weighted by atomic mass is 19.2. The summed E-state index contributed by atoms with van der Waals surface area (Å²) in [5.41, 5.74) is 1.05. The van der Waals surface area contributed by atoms with Crippen LogP contribution in [0.25, 0.3) is 0 Å². The van der Waals surface area contributed by atoms with Crippen molar-refractivity contribution in [3.05, 3.63) is 64.5 Å². The van der Waals surface area contributed by atoms with Crippen molar-refractivity contribution in [1.29, 1.82) is 0 Å². The van der Waals surface area contributed by atoms with Gasteiger partial charge in [-0.25, -0.2) is 8.78 Å². The molecule has 1 saturated heterocycles. The summed E-state index contributed by atoms with van der Waals surface area (Å²) in [5.74, 6) is -10.5. The van der Waals surface area contributed by atoms with E-state index in [1.54, 1.807) is 12.1 Å². The van der Waals surface area contributed by atoms with Crippen molar-refractivity contribution in [3.8, 4) is 5.75 Å². The van der Waals surface area contributed by atoms with Crippen molar-refractivity contribution in [2.75, 3.05) is 26.3 Å². The van der Waals surface area contributed by atoms with E-state index in [1.165, 1.54) is 4.90 Å². The summed E-state index contributed by atoms with van der Waals surface area (Å²) in [7, 11) is 0. The number of nitrogens with zero attached hydrogens (tertiary/aromatic N) is 1. The second-order valence-electron chi connectivity index (χ2n) is 11.5. The van der Waals surface area contributed by atoms with Gasteiger partial charge in [-0.2, -0.15) is 4.39 Å². The zero-order chi connectivity index (χ0) is 32.8. The molecular weight excluding hydrogens is 585 g/mol. The van der Waals surface area contributed by atoms with Gasteiger partial charge in [0.25, 0.3) is 11.8 Å². The number of aliphatic carboxylic acids is 1. The molecule has 2 aromatic carbocycles. The van der Waals surface area contributed by atoms with Crippen LogP contribution in [0.2, 0.25) is 0 Å². The minimum atomic E-state index is -1.72. The number of benzene rings is 2. The van der Waals surface area contributed by atoms with Crippen LogP contribution in [0.3, 0.4) is 0 Å². The van der Waals surface area contributed by atoms with Gasteiger partial charge in [-0.3, -0.25) is 24.0 Å². The summed E-state index contributed by atoms with van der Waals surface area (Å²) in [6.45, 7) is 5.82. The van der Waals surface area contributed by atoms with Gasteiger partial charge in [0.1, 0.15) is 12.6 Å². The third kappa shape index (κ3) is 8.65. The third-order valence-electron chi connectivity index (χ3n) is 7.01. The fourth-order valence-electron chi connectivity index (χ4n) is 4.76. The van der Waals surface area contributed by atoms with E-state index in [4.69, 9.17) is 9.47 Å². The molecule has 2 amide bonds. The molecule has 0 spiro atoms. The molecule has 10 nitrogen and oxygen atoms in total. The number of carboxylic acid groups (broad SMARTS) is 1. The number of hydrogen-bond donors (Lipinski definition) is 2. The van der Waals surface area contributed by atoms with Gasteiger partial charge in [0, 0.05) is 19.6 Å². The van der Waals surface area contributed by atoms with Crippen LogP contribution in [0.1, 0.15) is 50.3 Å². The average molecular weight is 621 g/mol. The molecule has 0 bridgehead atoms. The summed E-state index contributed by atoms with van der Waals surface area (Å²) < 4.78 is 52.4. The maximum absolute atomic E-state index is 14.3. The van der Waals surface area contributed by atoms with Crippen molar-refractivity contribution >= 4 is 29.4 Å². The Morgan fingerprint density at radius 3 is 2.45 bits per heavy atom. The predicted octanol–water partition coefficient (Wildman–Crippen LogP) is 3.05. The highest BCUT2D eigenvalue weighted by molar-refractivity contribution is 6.36. The average Bonchev–Trinajstić information content (AvgIpc) is 3.21. The number of rotatable bonds is 11. The first-order chi connectivity index (χ1) is 20.6.